The summed E-state index contributed by atoms with van der Waals surface area (Å²) < 4.78 is 5.58. The van der Waals surface area contributed by atoms with Crippen LogP contribution in [0.25, 0.3) is 6.08 Å². The summed E-state index contributed by atoms with van der Waals surface area (Å²) in [5.74, 6) is 0.0947. The Morgan fingerprint density at radius 2 is 2.08 bits per heavy atom. The van der Waals surface area contributed by atoms with Crippen LogP contribution < -0.4 is 4.74 Å². The Balaban J connectivity index is 1.86. The Morgan fingerprint density at radius 3 is 2.72 bits per heavy atom. The number of thiocarbonyl (C=S) groups is 1. The summed E-state index contributed by atoms with van der Waals surface area (Å²) in [6, 6.07) is 4.81. The lowest BCUT2D eigenvalue weighted by Crippen LogP contribution is -2.39. The van der Waals surface area contributed by atoms with Crippen LogP contribution >= 0.6 is 24.0 Å². The minimum Gasteiger partial charge on any atom is -0.490 e. The van der Waals surface area contributed by atoms with E-state index in [1.54, 1.807) is 17.0 Å². The van der Waals surface area contributed by atoms with E-state index in [0.717, 1.165) is 25.7 Å². The fraction of sp³-hybridized carbons (Fsp3) is 0.412. The minimum atomic E-state index is -0.497. The van der Waals surface area contributed by atoms with Crippen LogP contribution in [0.5, 0.6) is 5.75 Å². The van der Waals surface area contributed by atoms with E-state index in [2.05, 4.69) is 0 Å². The first-order valence-electron chi connectivity index (χ1n) is 8.10. The Labute approximate surface area is 155 Å². The van der Waals surface area contributed by atoms with Crippen molar-refractivity contribution in [3.8, 4) is 5.75 Å². The summed E-state index contributed by atoms with van der Waals surface area (Å²) in [7, 11) is 1.39. The predicted octanol–water partition coefficient (Wildman–Crippen LogP) is 4.14. The van der Waals surface area contributed by atoms with Gasteiger partial charge >= 0.3 is 5.69 Å². The van der Waals surface area contributed by atoms with E-state index >= 15 is 0 Å². The van der Waals surface area contributed by atoms with Crippen molar-refractivity contribution in [1.82, 2.24) is 4.90 Å². The average molecular weight is 378 g/mol. The second kappa shape index (κ2) is 7.53. The molecule has 3 rings (SSSR count). The molecule has 6 nitrogen and oxygen atoms in total. The van der Waals surface area contributed by atoms with Crippen molar-refractivity contribution in [1.29, 1.82) is 0 Å². The lowest BCUT2D eigenvalue weighted by Gasteiger charge is -2.29. The smallest absolute Gasteiger partial charge is 0.311 e. The first-order chi connectivity index (χ1) is 12.0. The molecule has 1 aromatic carbocycles. The number of hydrogen-bond donors (Lipinski definition) is 0. The van der Waals surface area contributed by atoms with E-state index < -0.39 is 4.92 Å². The quantitative estimate of drug-likeness (QED) is 0.339. The fourth-order valence-corrected chi connectivity index (χ4v) is 4.63. The number of methoxy groups -OCH3 is 1. The van der Waals surface area contributed by atoms with Crippen LogP contribution in [0.15, 0.2) is 23.1 Å². The van der Waals surface area contributed by atoms with Crippen LogP contribution in [0.4, 0.5) is 5.69 Å². The largest absolute Gasteiger partial charge is 0.490 e. The first kappa shape index (κ1) is 17.9. The molecule has 1 saturated carbocycles. The molecule has 1 heterocycles. The number of amides is 1. The summed E-state index contributed by atoms with van der Waals surface area (Å²) in [6.07, 6.45) is 7.06. The second-order valence-corrected chi connectivity index (χ2v) is 7.71. The van der Waals surface area contributed by atoms with E-state index in [1.165, 1.54) is 37.4 Å². The minimum absolute atomic E-state index is 0.0969. The summed E-state index contributed by atoms with van der Waals surface area (Å²) >= 11 is 6.66. The molecule has 1 aliphatic carbocycles. The highest BCUT2D eigenvalue weighted by molar-refractivity contribution is 8.26. The number of thioether (sulfide) groups is 1. The molecule has 0 radical (unpaired) electrons. The van der Waals surface area contributed by atoms with Crippen LogP contribution in [0, 0.1) is 10.1 Å². The molecule has 25 heavy (non-hydrogen) atoms. The van der Waals surface area contributed by atoms with Crippen molar-refractivity contribution in [2.75, 3.05) is 7.11 Å². The van der Waals surface area contributed by atoms with E-state index in [0.29, 0.717) is 14.8 Å². The first-order valence-corrected chi connectivity index (χ1v) is 9.33. The monoisotopic (exact) mass is 378 g/mol. The zero-order chi connectivity index (χ0) is 18.0. The standard InChI is InChI=1S/C17H18N2O4S2/c1-23-14-8-7-11(9-13(14)19(21)22)10-15-16(20)18(17(24)25-15)12-5-3-2-4-6-12/h7-10,12H,2-6H2,1H3/b15-10-. The number of carbonyl (C=O) groups excluding carboxylic acids is 1. The highest BCUT2D eigenvalue weighted by Gasteiger charge is 2.37. The molecule has 2 fully saturated rings. The lowest BCUT2D eigenvalue weighted by atomic mass is 9.94. The molecule has 1 saturated heterocycles. The molecule has 1 aromatic rings. The molecule has 1 aliphatic heterocycles. The maximum absolute atomic E-state index is 12.8. The topological polar surface area (TPSA) is 72.7 Å². The van der Waals surface area contributed by atoms with E-state index in [9.17, 15) is 14.9 Å². The highest BCUT2D eigenvalue weighted by Crippen LogP contribution is 2.38. The van der Waals surface area contributed by atoms with Gasteiger partial charge in [-0.1, -0.05) is 49.3 Å². The normalized spacial score (nSPS) is 20.4. The number of carbonyl (C=O) groups is 1. The molecular weight excluding hydrogens is 360 g/mol. The third kappa shape index (κ3) is 3.69. The molecule has 1 amide bonds. The third-order valence-corrected chi connectivity index (χ3v) is 5.79. The molecule has 0 atom stereocenters. The Kier molecular flexibility index (Phi) is 5.39. The van der Waals surface area contributed by atoms with Crippen molar-refractivity contribution in [3.05, 3.63) is 38.8 Å². The van der Waals surface area contributed by atoms with Crippen LogP contribution in [0.1, 0.15) is 37.7 Å². The fourth-order valence-electron chi connectivity index (χ4n) is 3.22. The van der Waals surface area contributed by atoms with Gasteiger partial charge in [0.2, 0.25) is 0 Å². The van der Waals surface area contributed by atoms with Gasteiger partial charge in [0.1, 0.15) is 4.32 Å². The van der Waals surface area contributed by atoms with Gasteiger partial charge in [0, 0.05) is 12.1 Å². The van der Waals surface area contributed by atoms with Crippen molar-refractivity contribution >= 4 is 46.0 Å². The summed E-state index contributed by atoms with van der Waals surface area (Å²) in [5.41, 5.74) is 0.454. The van der Waals surface area contributed by atoms with Gasteiger partial charge < -0.3 is 4.74 Å². The second-order valence-electron chi connectivity index (χ2n) is 6.03. The number of rotatable bonds is 4. The maximum atomic E-state index is 12.8. The highest BCUT2D eigenvalue weighted by atomic mass is 32.2. The van der Waals surface area contributed by atoms with Crippen molar-refractivity contribution in [2.24, 2.45) is 0 Å². The molecule has 8 heteroatoms. The van der Waals surface area contributed by atoms with Gasteiger partial charge in [0.25, 0.3) is 5.91 Å². The van der Waals surface area contributed by atoms with E-state index in [-0.39, 0.29) is 23.4 Å². The van der Waals surface area contributed by atoms with Crippen molar-refractivity contribution < 1.29 is 14.5 Å². The van der Waals surface area contributed by atoms with E-state index in [4.69, 9.17) is 17.0 Å². The molecule has 0 N–H and O–H groups in total. The molecule has 0 aromatic heterocycles. The number of benzene rings is 1. The van der Waals surface area contributed by atoms with Gasteiger partial charge in [0.15, 0.2) is 5.75 Å². The zero-order valence-corrected chi connectivity index (χ0v) is 15.4. The van der Waals surface area contributed by atoms with Gasteiger partial charge in [0.05, 0.1) is 16.9 Å². The summed E-state index contributed by atoms with van der Waals surface area (Å²) in [5, 5.41) is 11.1. The number of nitro groups is 1. The molecule has 2 aliphatic rings. The van der Waals surface area contributed by atoms with Gasteiger partial charge in [-0.25, -0.2) is 0 Å². The van der Waals surface area contributed by atoms with Crippen molar-refractivity contribution in [2.45, 2.75) is 38.1 Å². The summed E-state index contributed by atoms with van der Waals surface area (Å²) in [6.45, 7) is 0. The molecular formula is C17H18N2O4S2. The molecule has 0 unspecified atom stereocenters. The Morgan fingerprint density at radius 1 is 1.36 bits per heavy atom. The number of hydrogen-bond acceptors (Lipinski definition) is 6. The maximum Gasteiger partial charge on any atom is 0.311 e. The van der Waals surface area contributed by atoms with Crippen LogP contribution in [0.3, 0.4) is 0 Å². The average Bonchev–Trinajstić information content (AvgIpc) is 2.89. The van der Waals surface area contributed by atoms with Crippen LogP contribution in [-0.2, 0) is 4.79 Å². The van der Waals surface area contributed by atoms with E-state index in [1.807, 2.05) is 0 Å². The third-order valence-electron chi connectivity index (χ3n) is 4.46. The zero-order valence-electron chi connectivity index (χ0n) is 13.8. The lowest BCUT2D eigenvalue weighted by molar-refractivity contribution is -0.385. The molecule has 0 bridgehead atoms. The van der Waals surface area contributed by atoms with Gasteiger partial charge in [-0.05, 0) is 30.5 Å². The van der Waals surface area contributed by atoms with Crippen LogP contribution in [0.2, 0.25) is 0 Å². The van der Waals surface area contributed by atoms with Crippen molar-refractivity contribution in [3.63, 3.8) is 0 Å². The Hall–Kier alpha value is -1.93. The predicted molar refractivity (Wildman–Crippen MR) is 102 cm³/mol. The number of nitrogens with zero attached hydrogens (tertiary/aromatic N) is 2. The number of ether oxygens (including phenoxy) is 1. The summed E-state index contributed by atoms with van der Waals surface area (Å²) in [4.78, 5) is 25.6. The molecule has 132 valence electrons. The van der Waals surface area contributed by atoms with Gasteiger partial charge in [-0.2, -0.15) is 0 Å². The van der Waals surface area contributed by atoms with Crippen LogP contribution in [-0.4, -0.2) is 33.2 Å². The SMILES string of the molecule is COc1ccc(/C=C2\SC(=S)N(C3CCCCC3)C2=O)cc1[N+](=O)[O-]. The number of nitro benzene ring substituents is 1. The van der Waals surface area contributed by atoms with Gasteiger partial charge in [-0.3, -0.25) is 19.8 Å². The van der Waals surface area contributed by atoms with Gasteiger partial charge in [-0.15, -0.1) is 0 Å². The molecule has 0 spiro atoms. The Bertz CT molecular complexity index is 757.